The van der Waals surface area contributed by atoms with Gasteiger partial charge in [-0.3, -0.25) is 19.8 Å². The minimum atomic E-state index is -0.481. The number of non-ortho nitro benzene ring substituents is 1. The lowest BCUT2D eigenvalue weighted by Crippen LogP contribution is -2.35. The number of anilines is 1. The first-order chi connectivity index (χ1) is 12.6. The van der Waals surface area contributed by atoms with Crippen molar-refractivity contribution in [2.45, 2.75) is 25.7 Å². The minimum Gasteiger partial charge on any atom is -0.484 e. The molecule has 1 aliphatic carbocycles. The molecule has 1 amide bonds. The van der Waals surface area contributed by atoms with Gasteiger partial charge in [0, 0.05) is 23.6 Å². The van der Waals surface area contributed by atoms with Crippen molar-refractivity contribution in [3.05, 3.63) is 57.6 Å². The van der Waals surface area contributed by atoms with E-state index in [4.69, 9.17) is 4.74 Å². The zero-order chi connectivity index (χ0) is 18.5. The van der Waals surface area contributed by atoms with Gasteiger partial charge in [0.2, 0.25) is 0 Å². The zero-order valence-corrected chi connectivity index (χ0v) is 15.0. The molecule has 2 aromatic rings. The number of nitro groups is 1. The molecule has 136 valence electrons. The van der Waals surface area contributed by atoms with E-state index in [-0.39, 0.29) is 18.2 Å². The normalized spacial score (nSPS) is 12.9. The number of benzene rings is 1. The number of amides is 1. The summed E-state index contributed by atoms with van der Waals surface area (Å²) in [6.07, 6.45) is 5.93. The molecule has 0 spiro atoms. The molecule has 8 heteroatoms. The number of hydrogen-bond acceptors (Lipinski definition) is 6. The van der Waals surface area contributed by atoms with Gasteiger partial charge in [0.1, 0.15) is 5.75 Å². The molecule has 0 aliphatic heterocycles. The lowest BCUT2D eigenvalue weighted by molar-refractivity contribution is -0.384. The van der Waals surface area contributed by atoms with Crippen LogP contribution in [0.3, 0.4) is 0 Å². The molecule has 1 aliphatic rings. The van der Waals surface area contributed by atoms with Crippen molar-refractivity contribution in [2.24, 2.45) is 0 Å². The Morgan fingerprint density at radius 2 is 2.08 bits per heavy atom. The van der Waals surface area contributed by atoms with Crippen molar-refractivity contribution in [3.63, 3.8) is 0 Å². The van der Waals surface area contributed by atoms with Crippen LogP contribution >= 0.6 is 11.3 Å². The standard InChI is InChI=1S/C18H19N3O4S/c1-2-11-20(18-19-15-5-3-4-6-16(15)26-18)17(22)12-25-14-9-7-13(8-10-14)21(23)24/h2,7-10H,1,3-6,11-12H2. The quantitative estimate of drug-likeness (QED) is 0.421. The van der Waals surface area contributed by atoms with Gasteiger partial charge in [-0.15, -0.1) is 17.9 Å². The molecule has 1 aromatic heterocycles. The summed E-state index contributed by atoms with van der Waals surface area (Å²) in [6.45, 7) is 3.90. The number of hydrogen-bond donors (Lipinski definition) is 0. The number of fused-ring (bicyclic) bond motifs is 1. The van der Waals surface area contributed by atoms with Gasteiger partial charge in [0.25, 0.3) is 11.6 Å². The lowest BCUT2D eigenvalue weighted by Gasteiger charge is -2.18. The first-order valence-electron chi connectivity index (χ1n) is 8.35. The maximum absolute atomic E-state index is 12.6. The summed E-state index contributed by atoms with van der Waals surface area (Å²) >= 11 is 1.55. The van der Waals surface area contributed by atoms with Gasteiger partial charge in [0.05, 0.1) is 10.6 Å². The number of nitrogens with zero attached hydrogens (tertiary/aromatic N) is 3. The molecule has 0 fully saturated rings. The van der Waals surface area contributed by atoms with Crippen molar-refractivity contribution in [1.29, 1.82) is 0 Å². The average molecular weight is 373 g/mol. The van der Waals surface area contributed by atoms with E-state index in [0.29, 0.717) is 17.4 Å². The number of aryl methyl sites for hydroxylation is 2. The van der Waals surface area contributed by atoms with Crippen LogP contribution in [0.1, 0.15) is 23.4 Å². The van der Waals surface area contributed by atoms with Gasteiger partial charge in [-0.1, -0.05) is 6.08 Å². The molecule has 0 atom stereocenters. The Kier molecular flexibility index (Phi) is 5.62. The van der Waals surface area contributed by atoms with E-state index >= 15 is 0 Å². The number of nitro benzene ring substituents is 1. The average Bonchev–Trinajstić information content (AvgIpc) is 3.08. The van der Waals surface area contributed by atoms with Crippen LogP contribution in [0, 0.1) is 10.1 Å². The van der Waals surface area contributed by atoms with Crippen molar-refractivity contribution in [1.82, 2.24) is 4.98 Å². The van der Waals surface area contributed by atoms with Gasteiger partial charge in [-0.05, 0) is 37.8 Å². The van der Waals surface area contributed by atoms with Crippen molar-refractivity contribution < 1.29 is 14.5 Å². The van der Waals surface area contributed by atoms with Crippen LogP contribution in [-0.4, -0.2) is 29.0 Å². The Bertz CT molecular complexity index is 793. The van der Waals surface area contributed by atoms with Crippen LogP contribution in [-0.2, 0) is 17.6 Å². The van der Waals surface area contributed by atoms with Crippen LogP contribution in [0.25, 0.3) is 0 Å². The van der Waals surface area contributed by atoms with Crippen molar-refractivity contribution in [3.8, 4) is 5.75 Å². The summed E-state index contributed by atoms with van der Waals surface area (Å²) in [5, 5.41) is 11.3. The molecular formula is C18H19N3O4S. The molecule has 0 saturated carbocycles. The Morgan fingerprint density at radius 3 is 2.73 bits per heavy atom. The maximum Gasteiger partial charge on any atom is 0.269 e. The fraction of sp³-hybridized carbons (Fsp3) is 0.333. The van der Waals surface area contributed by atoms with E-state index in [2.05, 4.69) is 11.6 Å². The third-order valence-electron chi connectivity index (χ3n) is 4.09. The Balaban J connectivity index is 1.67. The van der Waals surface area contributed by atoms with Crippen LogP contribution in [0.4, 0.5) is 10.8 Å². The monoisotopic (exact) mass is 373 g/mol. The molecule has 0 N–H and O–H groups in total. The van der Waals surface area contributed by atoms with Gasteiger partial charge in [0.15, 0.2) is 11.7 Å². The van der Waals surface area contributed by atoms with Crippen molar-refractivity contribution >= 4 is 28.1 Å². The second-order valence-corrected chi connectivity index (χ2v) is 6.97. The highest BCUT2D eigenvalue weighted by atomic mass is 32.1. The Morgan fingerprint density at radius 1 is 1.35 bits per heavy atom. The van der Waals surface area contributed by atoms with E-state index in [1.807, 2.05) is 0 Å². The summed E-state index contributed by atoms with van der Waals surface area (Å²) in [5.41, 5.74) is 1.07. The Labute approximate surface area is 155 Å². The van der Waals surface area contributed by atoms with E-state index in [1.54, 1.807) is 22.3 Å². The van der Waals surface area contributed by atoms with Crippen LogP contribution in [0.5, 0.6) is 5.75 Å². The highest BCUT2D eigenvalue weighted by molar-refractivity contribution is 7.16. The highest BCUT2D eigenvalue weighted by Crippen LogP contribution is 2.32. The Hall–Kier alpha value is -2.74. The summed E-state index contributed by atoms with van der Waals surface area (Å²) in [7, 11) is 0. The lowest BCUT2D eigenvalue weighted by atomic mass is 10.0. The first kappa shape index (κ1) is 18.1. The van der Waals surface area contributed by atoms with E-state index < -0.39 is 4.92 Å². The second kappa shape index (κ2) is 8.09. The summed E-state index contributed by atoms with van der Waals surface area (Å²) in [5.74, 6) is 0.176. The summed E-state index contributed by atoms with van der Waals surface area (Å²) < 4.78 is 5.48. The third kappa shape index (κ3) is 4.08. The zero-order valence-electron chi connectivity index (χ0n) is 14.2. The maximum atomic E-state index is 12.6. The van der Waals surface area contributed by atoms with Crippen molar-refractivity contribution in [2.75, 3.05) is 18.1 Å². The van der Waals surface area contributed by atoms with E-state index in [1.165, 1.54) is 29.1 Å². The fourth-order valence-corrected chi connectivity index (χ4v) is 3.93. The highest BCUT2D eigenvalue weighted by Gasteiger charge is 2.22. The predicted molar refractivity (Wildman–Crippen MR) is 99.9 cm³/mol. The molecule has 3 rings (SSSR count). The van der Waals surface area contributed by atoms with Gasteiger partial charge < -0.3 is 4.74 Å². The molecule has 7 nitrogen and oxygen atoms in total. The van der Waals surface area contributed by atoms with Crippen LogP contribution < -0.4 is 9.64 Å². The predicted octanol–water partition coefficient (Wildman–Crippen LogP) is 3.53. The van der Waals surface area contributed by atoms with E-state index in [0.717, 1.165) is 31.4 Å². The topological polar surface area (TPSA) is 85.6 Å². The number of carbonyl (C=O) groups is 1. The second-order valence-electron chi connectivity index (χ2n) is 5.91. The fourth-order valence-electron chi connectivity index (χ4n) is 2.76. The molecule has 0 unspecified atom stereocenters. The molecule has 26 heavy (non-hydrogen) atoms. The molecular weight excluding hydrogens is 354 g/mol. The molecule has 0 bridgehead atoms. The first-order valence-corrected chi connectivity index (χ1v) is 9.17. The third-order valence-corrected chi connectivity index (χ3v) is 5.27. The summed E-state index contributed by atoms with van der Waals surface area (Å²) in [4.78, 5) is 30.2. The number of carbonyl (C=O) groups excluding carboxylic acids is 1. The van der Waals surface area contributed by atoms with Gasteiger partial charge >= 0.3 is 0 Å². The number of rotatable bonds is 7. The van der Waals surface area contributed by atoms with Crippen LogP contribution in [0.2, 0.25) is 0 Å². The molecule has 0 saturated heterocycles. The number of aromatic nitrogens is 1. The SMILES string of the molecule is C=CCN(C(=O)COc1ccc([N+](=O)[O-])cc1)c1nc2c(s1)CCCC2. The largest absolute Gasteiger partial charge is 0.484 e. The number of thiazole rings is 1. The summed E-state index contributed by atoms with van der Waals surface area (Å²) in [6, 6.07) is 5.64. The minimum absolute atomic E-state index is 0.0228. The smallest absolute Gasteiger partial charge is 0.269 e. The molecule has 1 heterocycles. The van der Waals surface area contributed by atoms with E-state index in [9.17, 15) is 14.9 Å². The molecule has 0 radical (unpaired) electrons. The number of ether oxygens (including phenoxy) is 1. The van der Waals surface area contributed by atoms with Crippen LogP contribution in [0.15, 0.2) is 36.9 Å². The van der Waals surface area contributed by atoms with Gasteiger partial charge in [-0.2, -0.15) is 0 Å². The molecule has 1 aromatic carbocycles. The van der Waals surface area contributed by atoms with Gasteiger partial charge in [-0.25, -0.2) is 4.98 Å².